The molecule has 2 aliphatic carbocycles. The Hall–Kier alpha value is -10.9. The highest BCUT2D eigenvalue weighted by Crippen LogP contribution is 2.63. The van der Waals surface area contributed by atoms with E-state index in [-0.39, 0.29) is 0 Å². The van der Waals surface area contributed by atoms with E-state index in [1.807, 2.05) is 0 Å². The maximum absolute atomic E-state index is 3.75. The largest absolute Gasteiger partial charge is 0.385 e. The van der Waals surface area contributed by atoms with Crippen LogP contribution in [0.2, 0.25) is 0 Å². The van der Waals surface area contributed by atoms with Gasteiger partial charge in [-0.15, -0.1) is 0 Å². The molecule has 2 unspecified atom stereocenters. The molecule has 462 valence electrons. The molecule has 0 amide bonds. The quantitative estimate of drug-likeness (QED) is 0.0575. The van der Waals surface area contributed by atoms with Crippen molar-refractivity contribution in [1.29, 1.82) is 0 Å². The van der Waals surface area contributed by atoms with Crippen LogP contribution in [-0.2, 0) is 0 Å². The Morgan fingerprint density at radius 1 is 0.229 bits per heavy atom. The van der Waals surface area contributed by atoms with Gasteiger partial charge < -0.3 is 21.3 Å². The summed E-state index contributed by atoms with van der Waals surface area (Å²) in [4.78, 5) is 0. The fourth-order valence-electron chi connectivity index (χ4n) is 17.5. The highest BCUT2D eigenvalue weighted by molar-refractivity contribution is 6.50. The zero-order chi connectivity index (χ0) is 64.2. The average molecular weight is 1240 g/mol. The summed E-state index contributed by atoms with van der Waals surface area (Å²) in [5.41, 5.74) is 25.2. The SMILES string of the molecule is CCCNc1ccc(-c2c3c(c(-c4ccc(NC(C)CC)cc4)c4ccccc24)-c2ccc4c5cccc6c5c(c5ccc-3c2c45)c2cccc3c4ccc5c7c(ccc(c74)c6c32)-c2c-5c(-c3ccc(NC(C)CC)cc3)c3ccccc3c2-c2ccc(NCCC)cc2)cc1. The van der Waals surface area contributed by atoms with Gasteiger partial charge in [-0.2, -0.15) is 0 Å². The summed E-state index contributed by atoms with van der Waals surface area (Å²) in [7, 11) is 0. The molecule has 17 aromatic rings. The van der Waals surface area contributed by atoms with Crippen molar-refractivity contribution in [2.24, 2.45) is 0 Å². The van der Waals surface area contributed by atoms with Crippen LogP contribution in [0.3, 0.4) is 0 Å². The Balaban J connectivity index is 0.880. The first-order chi connectivity index (χ1) is 47.3. The van der Waals surface area contributed by atoms with Crippen LogP contribution in [0.1, 0.15) is 67.2 Å². The summed E-state index contributed by atoms with van der Waals surface area (Å²) in [5, 5.41) is 41.1. The van der Waals surface area contributed by atoms with Gasteiger partial charge in [0.2, 0.25) is 0 Å². The lowest BCUT2D eigenvalue weighted by molar-refractivity contribution is 0.764. The minimum Gasteiger partial charge on any atom is -0.385 e. The predicted octanol–water partition coefficient (Wildman–Crippen LogP) is 26.1. The molecule has 0 fully saturated rings. The van der Waals surface area contributed by atoms with Crippen LogP contribution >= 0.6 is 0 Å². The Labute approximate surface area is 560 Å². The molecule has 4 N–H and O–H groups in total. The molecule has 4 heteroatoms. The Kier molecular flexibility index (Phi) is 12.9. The smallest absolute Gasteiger partial charge is 0.0342 e. The number of nitrogens with one attached hydrogen (secondary N) is 4. The average Bonchev–Trinajstić information content (AvgIpc) is 1.27. The molecule has 0 bridgehead atoms. The number of anilines is 4. The molecule has 0 aromatic heterocycles. The Bertz CT molecular complexity index is 5680. The predicted molar refractivity (Wildman–Crippen MR) is 419 cm³/mol. The second-order valence-electron chi connectivity index (χ2n) is 27.5. The van der Waals surface area contributed by atoms with Crippen LogP contribution < -0.4 is 21.3 Å². The van der Waals surface area contributed by atoms with Gasteiger partial charge in [-0.3, -0.25) is 0 Å². The van der Waals surface area contributed by atoms with Crippen LogP contribution in [0.15, 0.2) is 231 Å². The maximum atomic E-state index is 3.75. The lowest BCUT2D eigenvalue weighted by Gasteiger charge is -2.22. The molecule has 0 aliphatic heterocycles. The van der Waals surface area contributed by atoms with E-state index in [0.29, 0.717) is 12.1 Å². The van der Waals surface area contributed by atoms with E-state index < -0.39 is 0 Å². The summed E-state index contributed by atoms with van der Waals surface area (Å²) in [6, 6.07) is 90.5. The number of hydrogen-bond donors (Lipinski definition) is 4. The van der Waals surface area contributed by atoms with E-state index in [1.165, 1.54) is 197 Å². The van der Waals surface area contributed by atoms with E-state index in [2.05, 4.69) is 293 Å². The minimum absolute atomic E-state index is 0.381. The molecule has 0 saturated heterocycles. The Morgan fingerprint density at radius 3 is 0.792 bits per heavy atom. The first-order valence-electron chi connectivity index (χ1n) is 35.2. The first kappa shape index (κ1) is 56.6. The van der Waals surface area contributed by atoms with Gasteiger partial charge >= 0.3 is 0 Å². The normalized spacial score (nSPS) is 13.1. The van der Waals surface area contributed by atoms with Gasteiger partial charge in [0, 0.05) is 47.9 Å². The van der Waals surface area contributed by atoms with Crippen LogP contribution in [0.25, 0.3) is 197 Å². The number of benzene rings is 17. The van der Waals surface area contributed by atoms with Gasteiger partial charge in [0.05, 0.1) is 0 Å². The molecular formula is C92H74N4. The number of rotatable bonds is 16. The fraction of sp³-hybridized carbons (Fsp3) is 0.152. The summed E-state index contributed by atoms with van der Waals surface area (Å²) in [6.07, 6.45) is 4.26. The van der Waals surface area contributed by atoms with Crippen molar-refractivity contribution in [3.8, 4) is 89.0 Å². The van der Waals surface area contributed by atoms with Crippen LogP contribution in [0, 0.1) is 0 Å². The lowest BCUT2D eigenvalue weighted by atomic mass is 9.81. The fourth-order valence-corrected chi connectivity index (χ4v) is 17.5. The van der Waals surface area contributed by atoms with Crippen LogP contribution in [0.5, 0.6) is 0 Å². The van der Waals surface area contributed by atoms with Crippen LogP contribution in [0.4, 0.5) is 22.7 Å². The monoisotopic (exact) mass is 1230 g/mol. The van der Waals surface area contributed by atoms with Crippen molar-refractivity contribution in [2.75, 3.05) is 34.4 Å². The lowest BCUT2D eigenvalue weighted by Crippen LogP contribution is -2.13. The van der Waals surface area contributed by atoms with E-state index in [1.54, 1.807) is 0 Å². The van der Waals surface area contributed by atoms with Gasteiger partial charge in [0.1, 0.15) is 0 Å². The molecule has 0 heterocycles. The highest BCUT2D eigenvalue weighted by atomic mass is 14.9. The van der Waals surface area contributed by atoms with Crippen molar-refractivity contribution < 1.29 is 0 Å². The third kappa shape index (κ3) is 8.08. The Morgan fingerprint density at radius 2 is 0.479 bits per heavy atom. The second-order valence-corrected chi connectivity index (χ2v) is 27.5. The molecular weight excluding hydrogens is 1160 g/mol. The van der Waals surface area contributed by atoms with Crippen LogP contribution in [-0.4, -0.2) is 25.2 Å². The molecule has 0 saturated carbocycles. The molecule has 17 aromatic carbocycles. The van der Waals surface area contributed by atoms with Crippen molar-refractivity contribution in [2.45, 2.75) is 79.3 Å². The van der Waals surface area contributed by atoms with E-state index in [0.717, 1.165) is 61.5 Å². The van der Waals surface area contributed by atoms with Crippen molar-refractivity contribution >= 4 is 130 Å². The van der Waals surface area contributed by atoms with E-state index >= 15 is 0 Å². The van der Waals surface area contributed by atoms with Crippen molar-refractivity contribution in [3.05, 3.63) is 231 Å². The summed E-state index contributed by atoms with van der Waals surface area (Å²) in [5.74, 6) is 0. The standard InChI is InChI=1S/C92H74N4/c1-7-49-93-57-33-25-53(26-34-57)77-61-17-11-13-19-63(61)79(55-29-37-59(38-30-55)95-51(5)9-3)89-73-43-41-67-65-21-15-24-70-81(65)85(71-45-47-75(91(77)89)87(73)83(67)71)69-23-16-22-66-68-42-44-74-88-76(48-46-72(84(68)88)86(70)82(66)69)92-78(54-27-35-58(36-28-54)94-50-8-2)62-18-12-14-20-64(62)80(90(74)92)56-31-39-60(40-32-56)96-52(6)10-4/h11-48,51-52,93-96H,7-10,49-50H2,1-6H3. The molecule has 2 aliphatic rings. The number of fused-ring (bicyclic) bond motifs is 14. The third-order valence-electron chi connectivity index (χ3n) is 22.0. The summed E-state index contributed by atoms with van der Waals surface area (Å²) >= 11 is 0. The minimum atomic E-state index is 0.381. The van der Waals surface area contributed by atoms with Gasteiger partial charge in [0.25, 0.3) is 0 Å². The zero-order valence-corrected chi connectivity index (χ0v) is 55.3. The van der Waals surface area contributed by atoms with Gasteiger partial charge in [-0.05, 0) is 285 Å². The zero-order valence-electron chi connectivity index (χ0n) is 55.3. The summed E-state index contributed by atoms with van der Waals surface area (Å²) in [6.45, 7) is 15.3. The molecule has 0 radical (unpaired) electrons. The van der Waals surface area contributed by atoms with Crippen molar-refractivity contribution in [3.63, 3.8) is 0 Å². The third-order valence-corrected chi connectivity index (χ3v) is 22.0. The van der Waals surface area contributed by atoms with E-state index in [4.69, 9.17) is 0 Å². The van der Waals surface area contributed by atoms with E-state index in [9.17, 15) is 0 Å². The highest BCUT2D eigenvalue weighted by Gasteiger charge is 2.36. The molecule has 0 spiro atoms. The molecule has 96 heavy (non-hydrogen) atoms. The van der Waals surface area contributed by atoms with Crippen molar-refractivity contribution in [1.82, 2.24) is 0 Å². The summed E-state index contributed by atoms with van der Waals surface area (Å²) < 4.78 is 0. The second kappa shape index (κ2) is 21.8. The number of hydrogen-bond acceptors (Lipinski definition) is 4. The van der Waals surface area contributed by atoms with Gasteiger partial charge in [-0.25, -0.2) is 0 Å². The topological polar surface area (TPSA) is 48.1 Å². The molecule has 4 nitrogen and oxygen atoms in total. The maximum Gasteiger partial charge on any atom is 0.0342 e. The molecule has 2 atom stereocenters. The first-order valence-corrected chi connectivity index (χ1v) is 35.2. The van der Waals surface area contributed by atoms with Gasteiger partial charge in [0.15, 0.2) is 0 Å². The van der Waals surface area contributed by atoms with Gasteiger partial charge in [-0.1, -0.05) is 210 Å². The molecule has 19 rings (SSSR count).